The van der Waals surface area contributed by atoms with E-state index in [9.17, 15) is 10.1 Å². The van der Waals surface area contributed by atoms with Gasteiger partial charge < -0.3 is 24.8 Å². The molecular weight excluding hydrogens is 492 g/mol. The van der Waals surface area contributed by atoms with Gasteiger partial charge in [-0.1, -0.05) is 0 Å². The third kappa shape index (κ3) is 6.60. The van der Waals surface area contributed by atoms with Crippen LogP contribution < -0.4 is 30.3 Å². The molecule has 38 heavy (non-hydrogen) atoms. The molecule has 1 heterocycles. The zero-order chi connectivity index (χ0) is 26.9. The second-order valence-electron chi connectivity index (χ2n) is 7.57. The van der Waals surface area contributed by atoms with Gasteiger partial charge in [-0.25, -0.2) is 5.43 Å². The van der Waals surface area contributed by atoms with Gasteiger partial charge in [0.25, 0.3) is 5.69 Å². The number of aromatic nitrogens is 3. The van der Waals surface area contributed by atoms with E-state index in [4.69, 9.17) is 14.2 Å². The quantitative estimate of drug-likeness (QED) is 0.144. The van der Waals surface area contributed by atoms with E-state index in [-0.39, 0.29) is 23.5 Å². The van der Waals surface area contributed by atoms with E-state index in [0.29, 0.717) is 22.9 Å². The molecule has 13 nitrogen and oxygen atoms in total. The lowest BCUT2D eigenvalue weighted by atomic mass is 10.2. The Bertz CT molecular complexity index is 1430. The summed E-state index contributed by atoms with van der Waals surface area (Å²) in [6.07, 6.45) is 1.58. The fourth-order valence-corrected chi connectivity index (χ4v) is 3.23. The first kappa shape index (κ1) is 25.6. The molecule has 3 N–H and O–H groups in total. The molecule has 0 aliphatic rings. The number of anilines is 5. The standard InChI is InChI=1S/C25H24N8O5/c1-36-20-11-7-18(8-12-20)28-24-29-23(27-17-5-9-19(10-6-17)33(34)35)30-25(31-24)32-26-15-16-4-13-21(37-2)22(14-16)38-3/h4-15H,1-3H3,(H3,27,28,29,30,31,32). The largest absolute Gasteiger partial charge is 0.497 e. The van der Waals surface area contributed by atoms with E-state index in [0.717, 1.165) is 11.3 Å². The normalized spacial score (nSPS) is 10.6. The lowest BCUT2D eigenvalue weighted by Crippen LogP contribution is -2.07. The van der Waals surface area contributed by atoms with Crippen molar-refractivity contribution in [3.63, 3.8) is 0 Å². The van der Waals surface area contributed by atoms with E-state index >= 15 is 0 Å². The second kappa shape index (κ2) is 12.0. The van der Waals surface area contributed by atoms with E-state index in [2.05, 4.69) is 36.1 Å². The molecule has 0 unspecified atom stereocenters. The van der Waals surface area contributed by atoms with Gasteiger partial charge in [0.05, 0.1) is 32.5 Å². The number of methoxy groups -OCH3 is 3. The van der Waals surface area contributed by atoms with Gasteiger partial charge in [0, 0.05) is 23.5 Å². The Morgan fingerprint density at radius 3 is 1.89 bits per heavy atom. The molecule has 0 spiro atoms. The van der Waals surface area contributed by atoms with Gasteiger partial charge in [-0.05, 0) is 60.2 Å². The van der Waals surface area contributed by atoms with Crippen molar-refractivity contribution in [3.8, 4) is 17.2 Å². The number of benzene rings is 3. The highest BCUT2D eigenvalue weighted by Crippen LogP contribution is 2.27. The molecule has 0 amide bonds. The van der Waals surface area contributed by atoms with Crippen LogP contribution in [0.15, 0.2) is 71.8 Å². The number of nitro benzene ring substituents is 1. The summed E-state index contributed by atoms with van der Waals surface area (Å²) in [5.41, 5.74) is 4.80. The number of nitrogens with one attached hydrogen (secondary N) is 3. The van der Waals surface area contributed by atoms with Gasteiger partial charge in [-0.15, -0.1) is 0 Å². The van der Waals surface area contributed by atoms with Gasteiger partial charge in [0.15, 0.2) is 11.5 Å². The smallest absolute Gasteiger partial charge is 0.269 e. The predicted octanol–water partition coefficient (Wildman–Crippen LogP) is 4.74. The van der Waals surface area contributed by atoms with E-state index in [1.165, 1.54) is 12.1 Å². The van der Waals surface area contributed by atoms with Crippen molar-refractivity contribution in [2.24, 2.45) is 5.10 Å². The first-order valence-electron chi connectivity index (χ1n) is 11.2. The topological polar surface area (TPSA) is 158 Å². The number of ether oxygens (including phenoxy) is 3. The summed E-state index contributed by atoms with van der Waals surface area (Å²) >= 11 is 0. The Hall–Kier alpha value is -5.46. The number of nitrogens with zero attached hydrogens (tertiary/aromatic N) is 5. The van der Waals surface area contributed by atoms with E-state index in [1.807, 2.05) is 18.2 Å². The summed E-state index contributed by atoms with van der Waals surface area (Å²) in [6.45, 7) is 0. The molecule has 0 saturated carbocycles. The molecule has 4 aromatic rings. The molecule has 0 saturated heterocycles. The lowest BCUT2D eigenvalue weighted by molar-refractivity contribution is -0.384. The molecule has 0 bridgehead atoms. The second-order valence-corrected chi connectivity index (χ2v) is 7.57. The number of non-ortho nitro benzene ring substituents is 1. The number of hydrogen-bond donors (Lipinski definition) is 3. The number of hydrazone groups is 1. The van der Waals surface area contributed by atoms with Crippen LogP contribution in [0.2, 0.25) is 0 Å². The average molecular weight is 517 g/mol. The van der Waals surface area contributed by atoms with Gasteiger partial charge in [0.2, 0.25) is 17.8 Å². The zero-order valence-corrected chi connectivity index (χ0v) is 20.7. The fourth-order valence-electron chi connectivity index (χ4n) is 3.23. The molecule has 0 radical (unpaired) electrons. The monoisotopic (exact) mass is 516 g/mol. The minimum atomic E-state index is -0.470. The summed E-state index contributed by atoms with van der Waals surface area (Å²) in [6, 6.07) is 18.5. The van der Waals surface area contributed by atoms with Crippen LogP contribution in [0, 0.1) is 10.1 Å². The Morgan fingerprint density at radius 2 is 1.34 bits per heavy atom. The maximum Gasteiger partial charge on any atom is 0.269 e. The van der Waals surface area contributed by atoms with Crippen LogP contribution in [-0.4, -0.2) is 47.4 Å². The SMILES string of the molecule is COc1ccc(Nc2nc(NN=Cc3ccc(OC)c(OC)c3)nc(Nc3ccc([N+](=O)[O-])cc3)n2)cc1. The fraction of sp³-hybridized carbons (Fsp3) is 0.120. The Morgan fingerprint density at radius 1 is 0.763 bits per heavy atom. The van der Waals surface area contributed by atoms with E-state index < -0.39 is 4.92 Å². The maximum absolute atomic E-state index is 10.9. The molecule has 0 aliphatic carbocycles. The minimum Gasteiger partial charge on any atom is -0.497 e. The first-order valence-corrected chi connectivity index (χ1v) is 11.2. The van der Waals surface area contributed by atoms with Crippen molar-refractivity contribution in [2.45, 2.75) is 0 Å². The highest BCUT2D eigenvalue weighted by Gasteiger charge is 2.10. The minimum absolute atomic E-state index is 0.0279. The molecular formula is C25H24N8O5. The summed E-state index contributed by atoms with van der Waals surface area (Å²) in [5.74, 6) is 2.45. The first-order chi connectivity index (χ1) is 18.5. The molecule has 0 aliphatic heterocycles. The van der Waals surface area contributed by atoms with Crippen LogP contribution in [0.3, 0.4) is 0 Å². The van der Waals surface area contributed by atoms with Crippen molar-refractivity contribution in [1.29, 1.82) is 0 Å². The third-order valence-electron chi connectivity index (χ3n) is 5.10. The average Bonchev–Trinajstić information content (AvgIpc) is 2.93. The number of nitro groups is 1. The number of rotatable bonds is 11. The molecule has 3 aromatic carbocycles. The zero-order valence-electron chi connectivity index (χ0n) is 20.7. The Kier molecular flexibility index (Phi) is 8.08. The van der Waals surface area contributed by atoms with Gasteiger partial charge >= 0.3 is 0 Å². The predicted molar refractivity (Wildman–Crippen MR) is 143 cm³/mol. The highest BCUT2D eigenvalue weighted by atomic mass is 16.6. The summed E-state index contributed by atoms with van der Waals surface area (Å²) in [7, 11) is 4.71. The summed E-state index contributed by atoms with van der Waals surface area (Å²) in [5, 5.41) is 21.3. The molecule has 13 heteroatoms. The molecule has 0 atom stereocenters. The molecule has 194 valence electrons. The van der Waals surface area contributed by atoms with Crippen LogP contribution in [0.4, 0.5) is 34.9 Å². The Balaban J connectivity index is 1.57. The molecule has 4 rings (SSSR count). The lowest BCUT2D eigenvalue weighted by Gasteiger charge is -2.10. The van der Waals surface area contributed by atoms with Gasteiger partial charge in [-0.2, -0.15) is 20.1 Å². The molecule has 0 fully saturated rings. The van der Waals surface area contributed by atoms with Crippen molar-refractivity contribution >= 4 is 41.1 Å². The third-order valence-corrected chi connectivity index (χ3v) is 5.10. The van der Waals surface area contributed by atoms with Crippen LogP contribution in [0.1, 0.15) is 5.56 Å². The number of hydrogen-bond acceptors (Lipinski definition) is 12. The van der Waals surface area contributed by atoms with Crippen LogP contribution >= 0.6 is 0 Å². The van der Waals surface area contributed by atoms with Crippen LogP contribution in [0.5, 0.6) is 17.2 Å². The summed E-state index contributed by atoms with van der Waals surface area (Å²) in [4.78, 5) is 23.6. The van der Waals surface area contributed by atoms with Crippen molar-refractivity contribution < 1.29 is 19.1 Å². The maximum atomic E-state index is 10.9. The van der Waals surface area contributed by atoms with Gasteiger partial charge in [0.1, 0.15) is 5.75 Å². The molecule has 1 aromatic heterocycles. The Labute approximate surface area is 217 Å². The van der Waals surface area contributed by atoms with Crippen molar-refractivity contribution in [1.82, 2.24) is 15.0 Å². The summed E-state index contributed by atoms with van der Waals surface area (Å²) < 4.78 is 15.8. The van der Waals surface area contributed by atoms with E-state index in [1.54, 1.807) is 63.9 Å². The van der Waals surface area contributed by atoms with Crippen molar-refractivity contribution in [2.75, 3.05) is 37.4 Å². The van der Waals surface area contributed by atoms with Crippen LogP contribution in [-0.2, 0) is 0 Å². The highest BCUT2D eigenvalue weighted by molar-refractivity contribution is 5.81. The van der Waals surface area contributed by atoms with Crippen molar-refractivity contribution in [3.05, 3.63) is 82.4 Å². The van der Waals surface area contributed by atoms with Gasteiger partial charge in [-0.3, -0.25) is 10.1 Å². The van der Waals surface area contributed by atoms with Crippen LogP contribution in [0.25, 0.3) is 0 Å².